The van der Waals surface area contributed by atoms with Gasteiger partial charge in [0.1, 0.15) is 6.67 Å². The number of benzene rings is 1. The Morgan fingerprint density at radius 1 is 1.15 bits per heavy atom. The van der Waals surface area contributed by atoms with Gasteiger partial charge in [0.05, 0.1) is 11.2 Å². The van der Waals surface area contributed by atoms with Gasteiger partial charge in [0.15, 0.2) is 0 Å². The molecule has 0 unspecified atom stereocenters. The highest BCUT2D eigenvalue weighted by Crippen LogP contribution is 2.30. The molecular weight excluding hydrogens is 325 g/mol. The number of halogens is 1. The quantitative estimate of drug-likeness (QED) is 0.695. The van der Waals surface area contributed by atoms with Gasteiger partial charge in [-0.1, -0.05) is 17.7 Å². The third kappa shape index (κ3) is 3.17. The van der Waals surface area contributed by atoms with E-state index in [-0.39, 0.29) is 0 Å². The highest BCUT2D eigenvalue weighted by Gasteiger charge is 2.19. The summed E-state index contributed by atoms with van der Waals surface area (Å²) in [5, 5.41) is 1.37. The number of hydrogen-bond donors (Lipinski definition) is 0. The molecule has 26 heavy (non-hydrogen) atoms. The molecule has 4 rings (SSSR count). The van der Waals surface area contributed by atoms with Gasteiger partial charge in [-0.05, 0) is 55.8 Å². The summed E-state index contributed by atoms with van der Waals surface area (Å²) in [6.07, 6.45) is 8.05. The van der Waals surface area contributed by atoms with Crippen molar-refractivity contribution in [2.45, 2.75) is 26.4 Å². The molecule has 0 bridgehead atoms. The van der Waals surface area contributed by atoms with Crippen LogP contribution in [0.15, 0.2) is 36.5 Å². The number of rotatable bonds is 3. The average Bonchev–Trinajstić information content (AvgIpc) is 2.80. The number of aromatic nitrogens is 2. The van der Waals surface area contributed by atoms with Crippen LogP contribution >= 0.6 is 0 Å². The van der Waals surface area contributed by atoms with E-state index in [4.69, 9.17) is 0 Å². The summed E-state index contributed by atoms with van der Waals surface area (Å²) in [4.78, 5) is 6.54. The van der Waals surface area contributed by atoms with Gasteiger partial charge in [0, 0.05) is 43.0 Å². The second-order valence-corrected chi connectivity index (χ2v) is 7.15. The lowest BCUT2D eigenvalue weighted by Gasteiger charge is -2.12. The Balaban J connectivity index is 1.79. The molecule has 0 amide bonds. The van der Waals surface area contributed by atoms with Crippen LogP contribution in [0.3, 0.4) is 0 Å². The molecule has 0 saturated carbocycles. The van der Waals surface area contributed by atoms with Crippen molar-refractivity contribution in [2.24, 2.45) is 0 Å². The predicted octanol–water partition coefficient (Wildman–Crippen LogP) is 4.47. The van der Waals surface area contributed by atoms with E-state index in [1.54, 1.807) is 12.3 Å². The Morgan fingerprint density at radius 2 is 2.00 bits per heavy atom. The lowest BCUT2D eigenvalue weighted by molar-refractivity contribution is 0.351. The fourth-order valence-electron chi connectivity index (χ4n) is 3.75. The summed E-state index contributed by atoms with van der Waals surface area (Å²) in [6, 6.07) is 10.4. The van der Waals surface area contributed by atoms with E-state index in [9.17, 15) is 4.39 Å². The molecular formula is C22H24FN3. The van der Waals surface area contributed by atoms with E-state index >= 15 is 0 Å². The van der Waals surface area contributed by atoms with E-state index in [0.717, 1.165) is 31.5 Å². The summed E-state index contributed by atoms with van der Waals surface area (Å²) in [5.74, 6) is 0. The zero-order valence-electron chi connectivity index (χ0n) is 15.4. The molecule has 4 heteroatoms. The molecule has 1 aromatic carbocycles. The standard InChI is InChI=1S/C22H24FN3/c1-16-3-6-21-20(13-16)19-8-10-25(2)11-9-22(19)26(21)12-7-17-4-5-18(14-23)24-15-17/h3-7,12-13,15H,8-11,14H2,1-2H3/b12-7+. The molecule has 3 heterocycles. The molecule has 0 radical (unpaired) electrons. The van der Waals surface area contributed by atoms with Gasteiger partial charge in [-0.3, -0.25) is 4.98 Å². The van der Waals surface area contributed by atoms with Crippen molar-refractivity contribution >= 4 is 23.2 Å². The van der Waals surface area contributed by atoms with Gasteiger partial charge in [-0.25, -0.2) is 4.39 Å². The number of hydrogen-bond acceptors (Lipinski definition) is 2. The third-order valence-electron chi connectivity index (χ3n) is 5.25. The van der Waals surface area contributed by atoms with Crippen molar-refractivity contribution in [1.29, 1.82) is 0 Å². The first-order valence-electron chi connectivity index (χ1n) is 9.15. The number of nitrogens with zero attached hydrogens (tertiary/aromatic N) is 3. The van der Waals surface area contributed by atoms with Gasteiger partial charge >= 0.3 is 0 Å². The fraction of sp³-hybridized carbons (Fsp3) is 0.318. The monoisotopic (exact) mass is 349 g/mol. The first-order valence-corrected chi connectivity index (χ1v) is 9.15. The van der Waals surface area contributed by atoms with Crippen LogP contribution in [0, 0.1) is 6.92 Å². The zero-order valence-corrected chi connectivity index (χ0v) is 15.4. The minimum atomic E-state index is -0.521. The van der Waals surface area contributed by atoms with Crippen molar-refractivity contribution in [3.63, 3.8) is 0 Å². The van der Waals surface area contributed by atoms with Gasteiger partial charge < -0.3 is 9.47 Å². The SMILES string of the molecule is Cc1ccc2c(c1)c1c(n2/C=C/c2ccc(CF)nc2)CCN(C)CC1. The maximum absolute atomic E-state index is 12.6. The van der Waals surface area contributed by atoms with E-state index in [1.807, 2.05) is 6.07 Å². The molecule has 1 aliphatic rings. The zero-order chi connectivity index (χ0) is 18.1. The summed E-state index contributed by atoms with van der Waals surface area (Å²) >= 11 is 0. The summed E-state index contributed by atoms with van der Waals surface area (Å²) < 4.78 is 15.0. The smallest absolute Gasteiger partial charge is 0.131 e. The molecule has 0 saturated heterocycles. The van der Waals surface area contributed by atoms with Gasteiger partial charge in [-0.2, -0.15) is 0 Å². The minimum absolute atomic E-state index is 0.473. The van der Waals surface area contributed by atoms with Crippen LogP contribution in [0.4, 0.5) is 4.39 Å². The summed E-state index contributed by atoms with van der Waals surface area (Å²) in [6.45, 7) is 3.80. The predicted molar refractivity (Wildman–Crippen MR) is 106 cm³/mol. The second kappa shape index (κ2) is 7.04. The molecule has 2 aromatic heterocycles. The minimum Gasteiger partial charge on any atom is -0.320 e. The Labute approximate surface area is 153 Å². The summed E-state index contributed by atoms with van der Waals surface area (Å²) in [7, 11) is 2.19. The van der Waals surface area contributed by atoms with E-state index < -0.39 is 6.67 Å². The second-order valence-electron chi connectivity index (χ2n) is 7.15. The Morgan fingerprint density at radius 3 is 2.77 bits per heavy atom. The Bertz CT molecular complexity index is 954. The van der Waals surface area contributed by atoms with Crippen LogP contribution in [-0.2, 0) is 19.5 Å². The molecule has 0 N–H and O–H groups in total. The van der Waals surface area contributed by atoms with Crippen LogP contribution in [0.25, 0.3) is 23.2 Å². The van der Waals surface area contributed by atoms with Crippen molar-refractivity contribution in [3.8, 4) is 0 Å². The van der Waals surface area contributed by atoms with Gasteiger partial charge in [-0.15, -0.1) is 0 Å². The first-order chi connectivity index (χ1) is 12.7. The number of pyridine rings is 1. The highest BCUT2D eigenvalue weighted by atomic mass is 19.1. The van der Waals surface area contributed by atoms with Crippen LogP contribution in [-0.4, -0.2) is 34.6 Å². The maximum Gasteiger partial charge on any atom is 0.131 e. The molecule has 3 aromatic rings. The van der Waals surface area contributed by atoms with Gasteiger partial charge in [0.25, 0.3) is 0 Å². The van der Waals surface area contributed by atoms with Crippen molar-refractivity contribution in [3.05, 3.63) is 64.6 Å². The number of aryl methyl sites for hydroxylation is 1. The average molecular weight is 349 g/mol. The van der Waals surface area contributed by atoms with Crippen LogP contribution in [0.2, 0.25) is 0 Å². The number of alkyl halides is 1. The molecule has 1 aliphatic heterocycles. The van der Waals surface area contributed by atoms with Crippen LogP contribution in [0.5, 0.6) is 0 Å². The molecule has 134 valence electrons. The van der Waals surface area contributed by atoms with Crippen LogP contribution < -0.4 is 0 Å². The third-order valence-corrected chi connectivity index (χ3v) is 5.25. The molecule has 0 aliphatic carbocycles. The van der Waals surface area contributed by atoms with Crippen LogP contribution in [0.1, 0.15) is 28.1 Å². The Kier molecular flexibility index (Phi) is 4.60. The lowest BCUT2D eigenvalue weighted by Crippen LogP contribution is -2.21. The number of likely N-dealkylation sites (N-methyl/N-ethyl adjacent to an activating group) is 1. The van der Waals surface area contributed by atoms with Crippen molar-refractivity contribution in [2.75, 3.05) is 20.1 Å². The normalized spacial score (nSPS) is 15.5. The van der Waals surface area contributed by atoms with E-state index in [2.05, 4.69) is 58.9 Å². The largest absolute Gasteiger partial charge is 0.320 e. The van der Waals surface area contributed by atoms with E-state index in [0.29, 0.717) is 5.69 Å². The van der Waals surface area contributed by atoms with E-state index in [1.165, 1.54) is 27.7 Å². The van der Waals surface area contributed by atoms with Gasteiger partial charge in [0.2, 0.25) is 0 Å². The topological polar surface area (TPSA) is 21.1 Å². The Hall–Kier alpha value is -2.46. The first kappa shape index (κ1) is 17.0. The fourth-order valence-corrected chi connectivity index (χ4v) is 3.75. The number of fused-ring (bicyclic) bond motifs is 3. The van der Waals surface area contributed by atoms with Crippen molar-refractivity contribution in [1.82, 2.24) is 14.5 Å². The highest BCUT2D eigenvalue weighted by molar-refractivity contribution is 5.89. The van der Waals surface area contributed by atoms with Crippen molar-refractivity contribution < 1.29 is 4.39 Å². The maximum atomic E-state index is 12.6. The summed E-state index contributed by atoms with van der Waals surface area (Å²) in [5.41, 5.74) is 6.89. The molecule has 0 atom stereocenters. The molecule has 3 nitrogen and oxygen atoms in total. The molecule has 0 spiro atoms. The lowest BCUT2D eigenvalue weighted by atomic mass is 10.1. The molecule has 0 fully saturated rings.